The first-order valence-corrected chi connectivity index (χ1v) is 8.86. The van der Waals surface area contributed by atoms with Gasteiger partial charge in [-0.3, -0.25) is 0 Å². The average molecular weight is 358 g/mol. The van der Waals surface area contributed by atoms with Crippen molar-refractivity contribution in [1.82, 2.24) is 0 Å². The summed E-state index contributed by atoms with van der Waals surface area (Å²) in [5.74, 6) is 0. The minimum Gasteiger partial charge on any atom is -0.394 e. The molecule has 3 rings (SSSR count). The fourth-order valence-corrected chi connectivity index (χ4v) is 3.36. The molecule has 0 saturated carbocycles. The topological polar surface area (TPSA) is 90.2 Å². The van der Waals surface area contributed by atoms with E-state index in [4.69, 9.17) is 4.74 Å². The molecule has 5 atom stereocenters. The van der Waals surface area contributed by atoms with Gasteiger partial charge in [-0.25, -0.2) is 0 Å². The van der Waals surface area contributed by atoms with E-state index in [0.29, 0.717) is 0 Å². The molecule has 0 amide bonds. The average Bonchev–Trinajstić information content (AvgIpc) is 2.64. The van der Waals surface area contributed by atoms with Crippen LogP contribution in [-0.2, 0) is 11.2 Å². The highest BCUT2D eigenvalue weighted by atomic mass is 16.5. The Kier molecular flexibility index (Phi) is 5.75. The molecule has 1 aliphatic heterocycles. The van der Waals surface area contributed by atoms with Crippen LogP contribution >= 0.6 is 0 Å². The number of rotatable bonds is 4. The molecular weight excluding hydrogens is 332 g/mol. The van der Waals surface area contributed by atoms with Crippen LogP contribution < -0.4 is 0 Å². The monoisotopic (exact) mass is 358 g/mol. The first-order chi connectivity index (χ1) is 12.4. The Labute approximate surface area is 153 Å². The van der Waals surface area contributed by atoms with E-state index in [2.05, 4.69) is 31.2 Å². The van der Waals surface area contributed by atoms with Crippen molar-refractivity contribution in [2.45, 2.75) is 50.8 Å². The Morgan fingerprint density at radius 2 is 1.58 bits per heavy atom. The highest BCUT2D eigenvalue weighted by Crippen LogP contribution is 2.33. The van der Waals surface area contributed by atoms with Crippen LogP contribution in [0.1, 0.15) is 33.9 Å². The number of aryl methyl sites for hydroxylation is 2. The Balaban J connectivity index is 1.87. The second kappa shape index (κ2) is 7.86. The van der Waals surface area contributed by atoms with E-state index in [1.165, 1.54) is 11.1 Å². The molecular formula is C21H26O5. The molecule has 2 aromatic carbocycles. The third-order valence-corrected chi connectivity index (χ3v) is 5.11. The van der Waals surface area contributed by atoms with Gasteiger partial charge >= 0.3 is 0 Å². The second-order valence-corrected chi connectivity index (χ2v) is 7.10. The maximum Gasteiger partial charge on any atom is 0.113 e. The molecule has 0 aromatic heterocycles. The highest BCUT2D eigenvalue weighted by molar-refractivity contribution is 5.37. The number of aliphatic hydroxyl groups excluding tert-OH is 4. The van der Waals surface area contributed by atoms with Gasteiger partial charge in [0.25, 0.3) is 0 Å². The Hall–Kier alpha value is -1.76. The lowest BCUT2D eigenvalue weighted by Gasteiger charge is -2.40. The summed E-state index contributed by atoms with van der Waals surface area (Å²) in [4.78, 5) is 0. The first-order valence-electron chi connectivity index (χ1n) is 8.86. The summed E-state index contributed by atoms with van der Waals surface area (Å²) in [6.07, 6.45) is -4.93. The van der Waals surface area contributed by atoms with E-state index in [1.54, 1.807) is 0 Å². The summed E-state index contributed by atoms with van der Waals surface area (Å²) in [5, 5.41) is 39.7. The van der Waals surface area contributed by atoms with Crippen molar-refractivity contribution in [3.8, 4) is 0 Å². The molecule has 0 aliphatic carbocycles. The Morgan fingerprint density at radius 3 is 2.23 bits per heavy atom. The van der Waals surface area contributed by atoms with Crippen molar-refractivity contribution in [2.75, 3.05) is 6.61 Å². The first kappa shape index (κ1) is 19.0. The molecule has 5 heteroatoms. The number of ether oxygens (including phenoxy) is 1. The van der Waals surface area contributed by atoms with Gasteiger partial charge in [0.2, 0.25) is 0 Å². The van der Waals surface area contributed by atoms with Gasteiger partial charge in [0.15, 0.2) is 0 Å². The molecule has 26 heavy (non-hydrogen) atoms. The van der Waals surface area contributed by atoms with E-state index in [-0.39, 0.29) is 0 Å². The molecule has 0 bridgehead atoms. The lowest BCUT2D eigenvalue weighted by Crippen LogP contribution is -2.55. The summed E-state index contributed by atoms with van der Waals surface area (Å²) in [5.41, 5.74) is 5.34. The number of hydrogen-bond donors (Lipinski definition) is 4. The Morgan fingerprint density at radius 1 is 0.885 bits per heavy atom. The molecule has 5 nitrogen and oxygen atoms in total. The van der Waals surface area contributed by atoms with Crippen LogP contribution in [0.15, 0.2) is 42.5 Å². The molecule has 4 N–H and O–H groups in total. The van der Waals surface area contributed by atoms with Crippen LogP contribution in [0.5, 0.6) is 0 Å². The zero-order valence-corrected chi connectivity index (χ0v) is 15.0. The third kappa shape index (κ3) is 3.82. The lowest BCUT2D eigenvalue weighted by molar-refractivity contribution is -0.231. The number of benzene rings is 2. The van der Waals surface area contributed by atoms with E-state index >= 15 is 0 Å². The fraction of sp³-hybridized carbons (Fsp3) is 0.429. The maximum absolute atomic E-state index is 10.3. The molecule has 1 heterocycles. The van der Waals surface area contributed by atoms with Gasteiger partial charge in [-0.1, -0.05) is 48.0 Å². The van der Waals surface area contributed by atoms with Crippen molar-refractivity contribution in [2.24, 2.45) is 0 Å². The SMILES string of the molecule is Cc1ccc(Cc2cc(C3OC(CO)C(O)C(O)C3O)ccc2C)cc1. The second-order valence-electron chi connectivity index (χ2n) is 7.10. The summed E-state index contributed by atoms with van der Waals surface area (Å²) in [7, 11) is 0. The Bertz CT molecular complexity index is 741. The fourth-order valence-electron chi connectivity index (χ4n) is 3.36. The van der Waals surface area contributed by atoms with E-state index in [0.717, 1.165) is 23.1 Å². The van der Waals surface area contributed by atoms with E-state index in [9.17, 15) is 20.4 Å². The molecule has 140 valence electrons. The van der Waals surface area contributed by atoms with Crippen molar-refractivity contribution in [3.05, 3.63) is 70.3 Å². The summed E-state index contributed by atoms with van der Waals surface area (Å²) < 4.78 is 5.67. The quantitative estimate of drug-likeness (QED) is 0.664. The van der Waals surface area contributed by atoms with Crippen LogP contribution in [-0.4, -0.2) is 51.4 Å². The van der Waals surface area contributed by atoms with Gasteiger partial charge in [0.05, 0.1) is 6.61 Å². The highest BCUT2D eigenvalue weighted by Gasteiger charge is 2.43. The predicted molar refractivity (Wildman–Crippen MR) is 97.9 cm³/mol. The van der Waals surface area contributed by atoms with E-state index < -0.39 is 37.1 Å². The largest absolute Gasteiger partial charge is 0.394 e. The van der Waals surface area contributed by atoms with Crippen molar-refractivity contribution in [1.29, 1.82) is 0 Å². The van der Waals surface area contributed by atoms with Gasteiger partial charge in [-0.15, -0.1) is 0 Å². The van der Waals surface area contributed by atoms with Crippen LogP contribution in [0.25, 0.3) is 0 Å². The molecule has 5 unspecified atom stereocenters. The van der Waals surface area contributed by atoms with Crippen molar-refractivity contribution < 1.29 is 25.2 Å². The van der Waals surface area contributed by atoms with Gasteiger partial charge < -0.3 is 25.2 Å². The maximum atomic E-state index is 10.3. The number of aliphatic hydroxyl groups is 4. The third-order valence-electron chi connectivity index (χ3n) is 5.11. The molecule has 0 radical (unpaired) electrons. The van der Waals surface area contributed by atoms with Gasteiger partial charge in [-0.05, 0) is 42.5 Å². The smallest absolute Gasteiger partial charge is 0.113 e. The zero-order chi connectivity index (χ0) is 18.8. The van der Waals surface area contributed by atoms with Crippen LogP contribution in [0, 0.1) is 13.8 Å². The van der Waals surface area contributed by atoms with Gasteiger partial charge in [0, 0.05) is 0 Å². The molecule has 2 aromatic rings. The summed E-state index contributed by atoms with van der Waals surface area (Å²) >= 11 is 0. The van der Waals surface area contributed by atoms with Gasteiger partial charge in [-0.2, -0.15) is 0 Å². The van der Waals surface area contributed by atoms with E-state index in [1.807, 2.05) is 25.1 Å². The summed E-state index contributed by atoms with van der Waals surface area (Å²) in [6, 6.07) is 14.1. The van der Waals surface area contributed by atoms with Gasteiger partial charge in [0.1, 0.15) is 30.5 Å². The molecule has 0 spiro atoms. The summed E-state index contributed by atoms with van der Waals surface area (Å²) in [6.45, 7) is 3.65. The normalized spacial score (nSPS) is 28.9. The number of hydrogen-bond acceptors (Lipinski definition) is 5. The predicted octanol–water partition coefficient (Wildman–Crippen LogP) is 1.41. The molecule has 1 fully saturated rings. The lowest BCUT2D eigenvalue weighted by atomic mass is 9.89. The zero-order valence-electron chi connectivity index (χ0n) is 15.0. The van der Waals surface area contributed by atoms with Crippen LogP contribution in [0.4, 0.5) is 0 Å². The standard InChI is InChI=1S/C21H26O5/c1-12-3-6-14(7-4-12)9-16-10-15(8-5-13(16)2)21-20(25)19(24)18(23)17(11-22)26-21/h3-8,10,17-25H,9,11H2,1-2H3. The molecule has 1 aliphatic rings. The molecule has 1 saturated heterocycles. The van der Waals surface area contributed by atoms with Crippen LogP contribution in [0.3, 0.4) is 0 Å². The minimum absolute atomic E-state index is 0.427. The minimum atomic E-state index is -1.37. The van der Waals surface area contributed by atoms with Crippen molar-refractivity contribution >= 4 is 0 Å². The van der Waals surface area contributed by atoms with Crippen molar-refractivity contribution in [3.63, 3.8) is 0 Å². The van der Waals surface area contributed by atoms with Crippen LogP contribution in [0.2, 0.25) is 0 Å².